The van der Waals surface area contributed by atoms with Crippen LogP contribution in [0.4, 0.5) is 5.69 Å². The smallest absolute Gasteiger partial charge is 0.243 e. The Morgan fingerprint density at radius 3 is 2.35 bits per heavy atom. The van der Waals surface area contributed by atoms with Crippen LogP contribution in [0.5, 0.6) is 5.75 Å². The maximum absolute atomic E-state index is 13.5. The van der Waals surface area contributed by atoms with E-state index in [4.69, 9.17) is 4.74 Å². The second-order valence-corrected chi connectivity index (χ2v) is 9.83. The lowest BCUT2D eigenvalue weighted by atomic mass is 10.1. The number of benzene rings is 3. The summed E-state index contributed by atoms with van der Waals surface area (Å²) < 4.78 is 33.4. The van der Waals surface area contributed by atoms with Crippen LogP contribution in [-0.2, 0) is 21.2 Å². The summed E-state index contributed by atoms with van der Waals surface area (Å²) in [5.74, 6) is -0.0431. The van der Waals surface area contributed by atoms with Crippen LogP contribution < -0.4 is 10.1 Å². The molecule has 0 aliphatic rings. The third kappa shape index (κ3) is 6.30. The summed E-state index contributed by atoms with van der Waals surface area (Å²) in [4.78, 5) is 24.6. The van der Waals surface area contributed by atoms with Crippen LogP contribution in [0.3, 0.4) is 0 Å². The molecule has 0 fully saturated rings. The first-order valence-corrected chi connectivity index (χ1v) is 12.2. The normalized spacial score (nSPS) is 11.3. The highest BCUT2D eigenvalue weighted by atomic mass is 32.2. The molecule has 0 saturated carbocycles. The van der Waals surface area contributed by atoms with Gasteiger partial charge in [-0.2, -0.15) is 4.31 Å². The van der Waals surface area contributed by atoms with Gasteiger partial charge in [0.2, 0.25) is 15.9 Å². The number of ether oxygens (including phenoxy) is 1. The van der Waals surface area contributed by atoms with Crippen LogP contribution in [0.1, 0.15) is 28.4 Å². The number of anilines is 1. The zero-order valence-electron chi connectivity index (χ0n) is 19.4. The van der Waals surface area contributed by atoms with Crippen LogP contribution in [0, 0.1) is 6.92 Å². The number of amides is 1. The number of aryl methyl sites for hydroxylation is 1. The Kier molecular flexibility index (Phi) is 8.20. The molecular weight excluding hydrogens is 452 g/mol. The number of carbonyl (C=O) groups excluding carboxylic acids is 2. The minimum Gasteiger partial charge on any atom is -0.496 e. The van der Waals surface area contributed by atoms with E-state index >= 15 is 0 Å². The van der Waals surface area contributed by atoms with Crippen LogP contribution in [-0.4, -0.2) is 44.6 Å². The van der Waals surface area contributed by atoms with Crippen molar-refractivity contribution in [2.45, 2.75) is 25.2 Å². The van der Waals surface area contributed by atoms with Crippen molar-refractivity contribution in [3.63, 3.8) is 0 Å². The van der Waals surface area contributed by atoms with Crippen molar-refractivity contribution in [2.75, 3.05) is 25.5 Å². The average molecular weight is 481 g/mol. The van der Waals surface area contributed by atoms with Gasteiger partial charge < -0.3 is 10.1 Å². The zero-order chi connectivity index (χ0) is 24.7. The lowest BCUT2D eigenvalue weighted by molar-refractivity contribution is -0.116. The molecule has 1 N–H and O–H groups in total. The lowest BCUT2D eigenvalue weighted by Gasteiger charge is -2.22. The maximum Gasteiger partial charge on any atom is 0.243 e. The third-order valence-corrected chi connectivity index (χ3v) is 7.21. The van der Waals surface area contributed by atoms with Crippen molar-refractivity contribution in [1.29, 1.82) is 0 Å². The van der Waals surface area contributed by atoms with Gasteiger partial charge in [-0.15, -0.1) is 0 Å². The Labute approximate surface area is 200 Å². The SMILES string of the molecule is COc1ccc(S(=O)(=O)N(CCc2ccccc2)CC(=O)Nc2cccc(C(C)=O)c2)cc1C. The third-order valence-electron chi connectivity index (χ3n) is 5.37. The molecule has 0 spiro atoms. The Morgan fingerprint density at radius 2 is 1.71 bits per heavy atom. The number of hydrogen-bond donors (Lipinski definition) is 1. The molecule has 0 atom stereocenters. The van der Waals surface area contributed by atoms with Gasteiger partial charge in [0, 0.05) is 17.8 Å². The Bertz CT molecular complexity index is 1270. The first-order chi connectivity index (χ1) is 16.2. The zero-order valence-corrected chi connectivity index (χ0v) is 20.3. The van der Waals surface area contributed by atoms with Crippen LogP contribution in [0.2, 0.25) is 0 Å². The van der Waals surface area contributed by atoms with Crippen molar-refractivity contribution in [3.05, 3.63) is 89.5 Å². The Balaban J connectivity index is 1.85. The molecular formula is C26H28N2O5S. The molecule has 34 heavy (non-hydrogen) atoms. The number of nitrogens with zero attached hydrogens (tertiary/aromatic N) is 1. The van der Waals surface area contributed by atoms with E-state index < -0.39 is 15.9 Å². The average Bonchev–Trinajstić information content (AvgIpc) is 2.82. The molecule has 7 nitrogen and oxygen atoms in total. The summed E-state index contributed by atoms with van der Waals surface area (Å²) in [6.45, 7) is 2.96. The number of methoxy groups -OCH3 is 1. The highest BCUT2D eigenvalue weighted by molar-refractivity contribution is 7.89. The molecule has 1 amide bonds. The molecule has 0 saturated heterocycles. The van der Waals surface area contributed by atoms with Gasteiger partial charge in [0.1, 0.15) is 5.75 Å². The van der Waals surface area contributed by atoms with Gasteiger partial charge in [-0.1, -0.05) is 42.5 Å². The summed E-state index contributed by atoms with van der Waals surface area (Å²) in [5, 5.41) is 2.70. The number of carbonyl (C=O) groups is 2. The molecule has 3 aromatic rings. The van der Waals surface area contributed by atoms with Crippen molar-refractivity contribution >= 4 is 27.4 Å². The monoisotopic (exact) mass is 480 g/mol. The Morgan fingerprint density at radius 1 is 0.971 bits per heavy atom. The van der Waals surface area contributed by atoms with Crippen LogP contribution >= 0.6 is 0 Å². The molecule has 0 unspecified atom stereocenters. The largest absolute Gasteiger partial charge is 0.496 e. The standard InChI is InChI=1S/C26H28N2O5S/c1-19-16-24(12-13-25(19)33-3)34(31,32)28(15-14-21-8-5-4-6-9-21)18-26(30)27-23-11-7-10-22(17-23)20(2)29/h4-13,16-17H,14-15,18H2,1-3H3,(H,27,30). The predicted molar refractivity (Wildman–Crippen MR) is 132 cm³/mol. The van der Waals surface area contributed by atoms with E-state index in [-0.39, 0.29) is 23.8 Å². The van der Waals surface area contributed by atoms with E-state index in [9.17, 15) is 18.0 Å². The van der Waals surface area contributed by atoms with E-state index in [1.54, 1.807) is 37.3 Å². The number of nitrogens with one attached hydrogen (secondary N) is 1. The molecule has 0 radical (unpaired) electrons. The molecule has 0 bridgehead atoms. The van der Waals surface area contributed by atoms with E-state index in [0.29, 0.717) is 29.0 Å². The summed E-state index contributed by atoms with van der Waals surface area (Å²) in [6.07, 6.45) is 0.447. The fourth-order valence-corrected chi connectivity index (χ4v) is 5.00. The minimum atomic E-state index is -3.96. The van der Waals surface area contributed by atoms with Gasteiger partial charge in [-0.3, -0.25) is 9.59 Å². The van der Waals surface area contributed by atoms with Gasteiger partial charge in [-0.05, 0) is 61.7 Å². The summed E-state index contributed by atoms with van der Waals surface area (Å²) in [6, 6.07) is 20.6. The van der Waals surface area contributed by atoms with E-state index in [1.807, 2.05) is 30.3 Å². The molecule has 0 aliphatic heterocycles. The van der Waals surface area contributed by atoms with Gasteiger partial charge in [0.15, 0.2) is 5.78 Å². The van der Waals surface area contributed by atoms with Crippen molar-refractivity contribution in [2.24, 2.45) is 0 Å². The van der Waals surface area contributed by atoms with Gasteiger partial charge in [0.25, 0.3) is 0 Å². The van der Waals surface area contributed by atoms with Gasteiger partial charge >= 0.3 is 0 Å². The minimum absolute atomic E-state index is 0.0882. The summed E-state index contributed by atoms with van der Waals surface area (Å²) >= 11 is 0. The first kappa shape index (κ1) is 25.1. The summed E-state index contributed by atoms with van der Waals surface area (Å²) in [7, 11) is -2.44. The first-order valence-electron chi connectivity index (χ1n) is 10.8. The molecule has 0 heterocycles. The van der Waals surface area contributed by atoms with Gasteiger partial charge in [-0.25, -0.2) is 8.42 Å². The van der Waals surface area contributed by atoms with Crippen LogP contribution in [0.15, 0.2) is 77.7 Å². The van der Waals surface area contributed by atoms with E-state index in [2.05, 4.69) is 5.32 Å². The fourth-order valence-electron chi connectivity index (χ4n) is 3.52. The number of sulfonamides is 1. The van der Waals surface area contributed by atoms with Crippen LogP contribution in [0.25, 0.3) is 0 Å². The molecule has 3 rings (SSSR count). The van der Waals surface area contributed by atoms with Crippen molar-refractivity contribution in [1.82, 2.24) is 4.31 Å². The van der Waals surface area contributed by atoms with Gasteiger partial charge in [0.05, 0.1) is 18.6 Å². The number of hydrogen-bond acceptors (Lipinski definition) is 5. The number of rotatable bonds is 10. The fraction of sp³-hybridized carbons (Fsp3) is 0.231. The predicted octanol–water partition coefficient (Wildman–Crippen LogP) is 4.08. The highest BCUT2D eigenvalue weighted by Gasteiger charge is 2.27. The Hall–Kier alpha value is -3.49. The maximum atomic E-state index is 13.5. The summed E-state index contributed by atoms with van der Waals surface area (Å²) in [5.41, 5.74) is 2.53. The molecule has 0 aliphatic carbocycles. The molecule has 0 aromatic heterocycles. The van der Waals surface area contributed by atoms with E-state index in [1.165, 1.54) is 30.5 Å². The second kappa shape index (κ2) is 11.1. The quantitative estimate of drug-likeness (QED) is 0.442. The van der Waals surface area contributed by atoms with Crippen molar-refractivity contribution < 1.29 is 22.7 Å². The highest BCUT2D eigenvalue weighted by Crippen LogP contribution is 2.24. The molecule has 178 valence electrons. The molecule has 8 heteroatoms. The number of ketones is 1. The van der Waals surface area contributed by atoms with Crippen molar-refractivity contribution in [3.8, 4) is 5.75 Å². The molecule has 3 aromatic carbocycles. The lowest BCUT2D eigenvalue weighted by Crippen LogP contribution is -2.39. The van der Waals surface area contributed by atoms with E-state index in [0.717, 1.165) is 5.56 Å². The second-order valence-electron chi connectivity index (χ2n) is 7.89. The topological polar surface area (TPSA) is 92.8 Å². The number of Topliss-reactive ketones (excluding diaryl/α,β-unsaturated/α-hetero) is 1.